The Bertz CT molecular complexity index is 1190. The molecule has 1 aliphatic rings. The maximum atomic E-state index is 13.1. The summed E-state index contributed by atoms with van der Waals surface area (Å²) in [6.45, 7) is 2.88. The summed E-state index contributed by atoms with van der Waals surface area (Å²) in [5.41, 5.74) is 2.68. The van der Waals surface area contributed by atoms with Gasteiger partial charge in [0.25, 0.3) is 5.91 Å². The van der Waals surface area contributed by atoms with E-state index >= 15 is 0 Å². The number of carbonyl (C=O) groups is 1. The first-order valence-electron chi connectivity index (χ1n) is 10.4. The first-order chi connectivity index (χ1) is 16.0. The lowest BCUT2D eigenvalue weighted by molar-refractivity contribution is -0.113. The normalized spacial score (nSPS) is 14.6. The molecule has 0 atom stereocenters. The van der Waals surface area contributed by atoms with Crippen molar-refractivity contribution in [3.05, 3.63) is 88.8 Å². The number of para-hydroxylation sites is 2. The maximum absolute atomic E-state index is 13.1. The summed E-state index contributed by atoms with van der Waals surface area (Å²) < 4.78 is 17.4. The Balaban J connectivity index is 1.41. The molecule has 0 spiro atoms. The zero-order chi connectivity index (χ0) is 23.2. The van der Waals surface area contributed by atoms with Gasteiger partial charge in [-0.1, -0.05) is 65.9 Å². The Kier molecular flexibility index (Phi) is 7.32. The average molecular weight is 478 g/mol. The lowest BCUT2D eigenvalue weighted by atomic mass is 10.2. The van der Waals surface area contributed by atoms with E-state index in [1.807, 2.05) is 79.7 Å². The van der Waals surface area contributed by atoms with Crippen LogP contribution in [0.3, 0.4) is 0 Å². The molecule has 7 heteroatoms. The van der Waals surface area contributed by atoms with Gasteiger partial charge in [-0.15, -0.1) is 0 Å². The summed E-state index contributed by atoms with van der Waals surface area (Å²) in [4.78, 5) is 15.1. The van der Waals surface area contributed by atoms with Gasteiger partial charge < -0.3 is 14.2 Å². The molecule has 0 saturated carbocycles. The molecule has 0 radical (unpaired) electrons. The molecule has 4 rings (SSSR count). The van der Waals surface area contributed by atoms with Crippen molar-refractivity contribution in [1.82, 2.24) is 0 Å². The molecule has 1 fully saturated rings. The summed E-state index contributed by atoms with van der Waals surface area (Å²) in [5.74, 6) is 1.94. The van der Waals surface area contributed by atoms with Gasteiger partial charge in [0.1, 0.15) is 30.5 Å². The van der Waals surface area contributed by atoms with Crippen molar-refractivity contribution in [2.75, 3.05) is 25.2 Å². The van der Waals surface area contributed by atoms with Crippen LogP contribution in [0.5, 0.6) is 17.2 Å². The third-order valence-electron chi connectivity index (χ3n) is 4.92. The van der Waals surface area contributed by atoms with Crippen molar-refractivity contribution >= 4 is 46.0 Å². The molecule has 33 heavy (non-hydrogen) atoms. The number of carbonyl (C=O) groups excluding carboxylic acids is 1. The number of ether oxygens (including phenoxy) is 3. The first-order valence-corrected chi connectivity index (χ1v) is 11.6. The van der Waals surface area contributed by atoms with Gasteiger partial charge in [-0.05, 0) is 55.0 Å². The molecule has 0 N–H and O–H groups in total. The van der Waals surface area contributed by atoms with Gasteiger partial charge in [-0.3, -0.25) is 9.69 Å². The highest BCUT2D eigenvalue weighted by Gasteiger charge is 2.34. The molecule has 3 aromatic carbocycles. The standard InChI is InChI=1S/C26H23NO4S2/c1-18-10-12-20(13-11-18)30-14-15-31-21-7-5-6-19(16-21)17-24-25(28)27(26(32)33-24)22-8-3-4-9-23(22)29-2/h3-13,16-17H,14-15H2,1-2H3/b24-17-. The van der Waals surface area contributed by atoms with Crippen LogP contribution in [-0.4, -0.2) is 30.6 Å². The highest BCUT2D eigenvalue weighted by molar-refractivity contribution is 8.27. The molecule has 3 aromatic rings. The zero-order valence-corrected chi connectivity index (χ0v) is 19.9. The van der Waals surface area contributed by atoms with E-state index < -0.39 is 0 Å². The molecule has 0 unspecified atom stereocenters. The van der Waals surface area contributed by atoms with E-state index in [1.165, 1.54) is 22.2 Å². The Hall–Kier alpha value is -3.29. The minimum atomic E-state index is -0.174. The maximum Gasteiger partial charge on any atom is 0.270 e. The van der Waals surface area contributed by atoms with Gasteiger partial charge in [-0.25, -0.2) is 0 Å². The van der Waals surface area contributed by atoms with Gasteiger partial charge in [0.2, 0.25) is 0 Å². The van der Waals surface area contributed by atoms with Crippen molar-refractivity contribution in [2.45, 2.75) is 6.92 Å². The molecule has 1 aliphatic heterocycles. The summed E-state index contributed by atoms with van der Waals surface area (Å²) in [5, 5.41) is 0. The Morgan fingerprint density at radius 1 is 0.939 bits per heavy atom. The van der Waals surface area contributed by atoms with E-state index in [-0.39, 0.29) is 5.91 Å². The molecule has 0 bridgehead atoms. The predicted molar refractivity (Wildman–Crippen MR) is 137 cm³/mol. The summed E-state index contributed by atoms with van der Waals surface area (Å²) in [7, 11) is 1.57. The molecule has 5 nitrogen and oxygen atoms in total. The lowest BCUT2D eigenvalue weighted by Gasteiger charge is -2.17. The molecule has 1 saturated heterocycles. The number of thiocarbonyl (C=S) groups is 1. The van der Waals surface area contributed by atoms with Crippen LogP contribution in [0.15, 0.2) is 77.7 Å². The van der Waals surface area contributed by atoms with E-state index in [4.69, 9.17) is 26.4 Å². The fourth-order valence-electron chi connectivity index (χ4n) is 3.29. The van der Waals surface area contributed by atoms with Crippen LogP contribution in [0.25, 0.3) is 6.08 Å². The van der Waals surface area contributed by atoms with Gasteiger partial charge in [0.05, 0.1) is 17.7 Å². The number of aryl methyl sites for hydroxylation is 1. The summed E-state index contributed by atoms with van der Waals surface area (Å²) in [6, 6.07) is 22.8. The quantitative estimate of drug-likeness (QED) is 0.230. The van der Waals surface area contributed by atoms with Gasteiger partial charge >= 0.3 is 0 Å². The van der Waals surface area contributed by atoms with Gasteiger partial charge in [0, 0.05) is 0 Å². The zero-order valence-electron chi connectivity index (χ0n) is 18.3. The van der Waals surface area contributed by atoms with Crippen molar-refractivity contribution in [2.24, 2.45) is 0 Å². The number of anilines is 1. The summed E-state index contributed by atoms with van der Waals surface area (Å²) >= 11 is 6.75. The van der Waals surface area contributed by atoms with Crippen LogP contribution >= 0.6 is 24.0 Å². The van der Waals surface area contributed by atoms with Crippen LogP contribution in [0.2, 0.25) is 0 Å². The van der Waals surface area contributed by atoms with E-state index in [0.29, 0.717) is 39.6 Å². The average Bonchev–Trinajstić information content (AvgIpc) is 3.10. The molecule has 1 heterocycles. The van der Waals surface area contributed by atoms with E-state index in [1.54, 1.807) is 13.2 Å². The van der Waals surface area contributed by atoms with Gasteiger partial charge in [0.15, 0.2) is 4.32 Å². The second kappa shape index (κ2) is 10.6. The molecule has 0 aromatic heterocycles. The van der Waals surface area contributed by atoms with E-state index in [9.17, 15) is 4.79 Å². The number of methoxy groups -OCH3 is 1. The van der Waals surface area contributed by atoms with Crippen LogP contribution in [0.1, 0.15) is 11.1 Å². The third-order valence-corrected chi connectivity index (χ3v) is 6.22. The Labute approximate surface area is 203 Å². The highest BCUT2D eigenvalue weighted by atomic mass is 32.2. The Morgan fingerprint density at radius 2 is 1.67 bits per heavy atom. The predicted octanol–water partition coefficient (Wildman–Crippen LogP) is 5.87. The minimum Gasteiger partial charge on any atom is -0.495 e. The Morgan fingerprint density at radius 3 is 2.42 bits per heavy atom. The van der Waals surface area contributed by atoms with Crippen molar-refractivity contribution in [1.29, 1.82) is 0 Å². The number of nitrogens with zero attached hydrogens (tertiary/aromatic N) is 1. The number of hydrogen-bond donors (Lipinski definition) is 0. The molecule has 0 aliphatic carbocycles. The molecular weight excluding hydrogens is 454 g/mol. The minimum absolute atomic E-state index is 0.174. The largest absolute Gasteiger partial charge is 0.495 e. The topological polar surface area (TPSA) is 48.0 Å². The monoisotopic (exact) mass is 477 g/mol. The van der Waals surface area contributed by atoms with E-state index in [2.05, 4.69) is 0 Å². The second-order valence-corrected chi connectivity index (χ2v) is 8.95. The number of hydrogen-bond acceptors (Lipinski definition) is 6. The van der Waals surface area contributed by atoms with Crippen LogP contribution in [-0.2, 0) is 4.79 Å². The van der Waals surface area contributed by atoms with Crippen molar-refractivity contribution in [3.8, 4) is 17.2 Å². The first kappa shape index (κ1) is 22.9. The highest BCUT2D eigenvalue weighted by Crippen LogP contribution is 2.39. The second-order valence-electron chi connectivity index (χ2n) is 7.27. The van der Waals surface area contributed by atoms with Crippen LogP contribution in [0, 0.1) is 6.92 Å². The number of thioether (sulfide) groups is 1. The SMILES string of the molecule is COc1ccccc1N1C(=O)/C(=C/c2cccc(OCCOc3ccc(C)cc3)c2)SC1=S. The number of benzene rings is 3. The molecule has 168 valence electrons. The third kappa shape index (κ3) is 5.56. The number of rotatable bonds is 8. The number of amides is 1. The fourth-order valence-corrected chi connectivity index (χ4v) is 4.57. The van der Waals surface area contributed by atoms with Crippen LogP contribution in [0.4, 0.5) is 5.69 Å². The summed E-state index contributed by atoms with van der Waals surface area (Å²) in [6.07, 6.45) is 1.82. The fraction of sp³-hybridized carbons (Fsp3) is 0.154. The van der Waals surface area contributed by atoms with Crippen LogP contribution < -0.4 is 19.1 Å². The van der Waals surface area contributed by atoms with Crippen molar-refractivity contribution < 1.29 is 19.0 Å². The van der Waals surface area contributed by atoms with Gasteiger partial charge in [-0.2, -0.15) is 0 Å². The molecular formula is C26H23NO4S2. The van der Waals surface area contributed by atoms with E-state index in [0.717, 1.165) is 11.3 Å². The van der Waals surface area contributed by atoms with Crippen molar-refractivity contribution in [3.63, 3.8) is 0 Å². The molecule has 1 amide bonds. The smallest absolute Gasteiger partial charge is 0.270 e. The lowest BCUT2D eigenvalue weighted by Crippen LogP contribution is -2.27.